The third kappa shape index (κ3) is 4.26. The number of carbonyl (C=O) groups is 2. The highest BCUT2D eigenvalue weighted by molar-refractivity contribution is 5.85. The van der Waals surface area contributed by atoms with Crippen LogP contribution in [0, 0.1) is 0 Å². The molecular formula is C18H25NO5. The molecular weight excluding hydrogens is 310 g/mol. The van der Waals surface area contributed by atoms with Crippen LogP contribution < -0.4 is 4.74 Å². The molecule has 1 aromatic rings. The van der Waals surface area contributed by atoms with Gasteiger partial charge in [0.1, 0.15) is 11.8 Å². The number of aryl methyl sites for hydroxylation is 1. The number of benzene rings is 1. The van der Waals surface area contributed by atoms with Crippen molar-refractivity contribution in [2.75, 3.05) is 27.4 Å². The average Bonchev–Trinajstić information content (AvgIpc) is 3.05. The second-order valence-electron chi connectivity index (χ2n) is 5.72. The molecule has 1 aromatic carbocycles. The minimum atomic E-state index is -0.561. The number of ether oxygens (including phenoxy) is 3. The van der Waals surface area contributed by atoms with Gasteiger partial charge in [-0.2, -0.15) is 0 Å². The first kappa shape index (κ1) is 18.3. The van der Waals surface area contributed by atoms with Gasteiger partial charge in [0.25, 0.3) is 0 Å². The van der Waals surface area contributed by atoms with Crippen molar-refractivity contribution in [3.63, 3.8) is 0 Å². The predicted molar refractivity (Wildman–Crippen MR) is 88.9 cm³/mol. The highest BCUT2D eigenvalue weighted by atomic mass is 16.5. The lowest BCUT2D eigenvalue weighted by molar-refractivity contribution is -0.150. The highest BCUT2D eigenvalue weighted by Gasteiger charge is 2.40. The van der Waals surface area contributed by atoms with Crippen molar-refractivity contribution >= 4 is 11.9 Å². The van der Waals surface area contributed by atoms with Crippen LogP contribution in [-0.4, -0.2) is 56.3 Å². The van der Waals surface area contributed by atoms with E-state index < -0.39 is 12.0 Å². The number of carbonyl (C=O) groups excluding carboxylic acids is 2. The molecule has 0 unspecified atom stereocenters. The maximum Gasteiger partial charge on any atom is 0.328 e. The second-order valence-corrected chi connectivity index (χ2v) is 5.72. The molecule has 1 amide bonds. The molecule has 6 nitrogen and oxygen atoms in total. The van der Waals surface area contributed by atoms with E-state index in [1.54, 1.807) is 12.0 Å². The third-order valence-electron chi connectivity index (χ3n) is 4.27. The lowest BCUT2D eigenvalue weighted by Crippen LogP contribution is -2.41. The molecule has 0 saturated carbocycles. The van der Waals surface area contributed by atoms with Crippen molar-refractivity contribution in [2.45, 2.75) is 38.3 Å². The zero-order chi connectivity index (χ0) is 17.5. The van der Waals surface area contributed by atoms with Gasteiger partial charge in [0.15, 0.2) is 0 Å². The molecule has 2 rings (SSSR count). The summed E-state index contributed by atoms with van der Waals surface area (Å²) in [5.41, 5.74) is 0.991. The first-order valence-electron chi connectivity index (χ1n) is 8.21. The van der Waals surface area contributed by atoms with E-state index in [0.717, 1.165) is 11.3 Å². The predicted octanol–water partition coefficient (Wildman–Crippen LogP) is 1.81. The highest BCUT2D eigenvalue weighted by Crippen LogP contribution is 2.24. The Morgan fingerprint density at radius 3 is 2.67 bits per heavy atom. The van der Waals surface area contributed by atoms with Gasteiger partial charge in [-0.3, -0.25) is 4.79 Å². The molecule has 0 spiro atoms. The van der Waals surface area contributed by atoms with E-state index >= 15 is 0 Å². The van der Waals surface area contributed by atoms with E-state index in [9.17, 15) is 9.59 Å². The van der Waals surface area contributed by atoms with Gasteiger partial charge in [0.2, 0.25) is 5.91 Å². The third-order valence-corrected chi connectivity index (χ3v) is 4.27. The minimum absolute atomic E-state index is 0.0729. The van der Waals surface area contributed by atoms with Crippen LogP contribution >= 0.6 is 0 Å². The van der Waals surface area contributed by atoms with Crippen LogP contribution in [-0.2, 0) is 25.5 Å². The van der Waals surface area contributed by atoms with Gasteiger partial charge in [0.05, 0.1) is 19.8 Å². The summed E-state index contributed by atoms with van der Waals surface area (Å²) in [6.07, 6.45) is 1.23. The second kappa shape index (κ2) is 8.68. The quantitative estimate of drug-likeness (QED) is 0.711. The van der Waals surface area contributed by atoms with Crippen molar-refractivity contribution in [2.24, 2.45) is 0 Å². The van der Waals surface area contributed by atoms with Gasteiger partial charge in [-0.05, 0) is 25.0 Å². The molecule has 2 atom stereocenters. The summed E-state index contributed by atoms with van der Waals surface area (Å²) in [6, 6.07) is 7.13. The van der Waals surface area contributed by atoms with E-state index in [1.807, 2.05) is 31.2 Å². The number of hydrogen-bond acceptors (Lipinski definition) is 5. The molecule has 1 saturated heterocycles. The minimum Gasteiger partial charge on any atom is -0.494 e. The maximum atomic E-state index is 12.6. The molecule has 0 bridgehead atoms. The SMILES string of the molecule is CCOc1ccccc1CCC(=O)N1C[C@@H](OC)C[C@H]1C(=O)OC. The van der Waals surface area contributed by atoms with E-state index in [-0.39, 0.29) is 12.0 Å². The summed E-state index contributed by atoms with van der Waals surface area (Å²) < 4.78 is 15.7. The number of nitrogens with zero attached hydrogens (tertiary/aromatic N) is 1. The molecule has 0 radical (unpaired) electrons. The molecule has 132 valence electrons. The standard InChI is InChI=1S/C18H25NO5/c1-4-24-16-8-6-5-7-13(16)9-10-17(20)19-12-14(22-2)11-15(19)18(21)23-3/h5-8,14-15H,4,9-12H2,1-3H3/t14-,15-/m0/s1. The van der Waals surface area contributed by atoms with Crippen LogP contribution in [0.4, 0.5) is 0 Å². The monoisotopic (exact) mass is 335 g/mol. The van der Waals surface area contributed by atoms with Crippen LogP contribution in [0.3, 0.4) is 0 Å². The van der Waals surface area contributed by atoms with Gasteiger partial charge in [0, 0.05) is 26.5 Å². The Labute approximate surface area is 142 Å². The number of likely N-dealkylation sites (tertiary alicyclic amines) is 1. The summed E-state index contributed by atoms with van der Waals surface area (Å²) in [6.45, 7) is 2.93. The molecule has 1 aliphatic rings. The van der Waals surface area contributed by atoms with E-state index in [1.165, 1.54) is 7.11 Å². The topological polar surface area (TPSA) is 65.1 Å². The zero-order valence-corrected chi connectivity index (χ0v) is 14.5. The van der Waals surface area contributed by atoms with E-state index in [0.29, 0.717) is 32.4 Å². The van der Waals surface area contributed by atoms with Gasteiger partial charge < -0.3 is 19.1 Å². The molecule has 6 heteroatoms. The Morgan fingerprint density at radius 1 is 1.25 bits per heavy atom. The summed E-state index contributed by atoms with van der Waals surface area (Å²) in [7, 11) is 2.93. The summed E-state index contributed by atoms with van der Waals surface area (Å²) in [5.74, 6) is 0.336. The van der Waals surface area contributed by atoms with Crippen LogP contribution in [0.1, 0.15) is 25.3 Å². The summed E-state index contributed by atoms with van der Waals surface area (Å²) >= 11 is 0. The van der Waals surface area contributed by atoms with Crippen molar-refractivity contribution in [1.82, 2.24) is 4.90 Å². The number of esters is 1. The number of methoxy groups -OCH3 is 2. The Kier molecular flexibility index (Phi) is 6.61. The van der Waals surface area contributed by atoms with Crippen molar-refractivity contribution in [3.8, 4) is 5.75 Å². The average molecular weight is 335 g/mol. The fraction of sp³-hybridized carbons (Fsp3) is 0.556. The van der Waals surface area contributed by atoms with Crippen LogP contribution in [0.5, 0.6) is 5.75 Å². The fourth-order valence-corrected chi connectivity index (χ4v) is 3.00. The zero-order valence-electron chi connectivity index (χ0n) is 14.5. The van der Waals surface area contributed by atoms with Gasteiger partial charge in [-0.15, -0.1) is 0 Å². The Balaban J connectivity index is 2.02. The molecule has 0 aliphatic carbocycles. The van der Waals surface area contributed by atoms with Crippen LogP contribution in [0.25, 0.3) is 0 Å². The van der Waals surface area contributed by atoms with E-state index in [4.69, 9.17) is 14.2 Å². The molecule has 1 heterocycles. The molecule has 1 fully saturated rings. The fourth-order valence-electron chi connectivity index (χ4n) is 3.00. The Bertz CT molecular complexity index is 574. The van der Waals surface area contributed by atoms with Gasteiger partial charge in [-0.1, -0.05) is 18.2 Å². The van der Waals surface area contributed by atoms with Crippen molar-refractivity contribution in [1.29, 1.82) is 0 Å². The summed E-state index contributed by atoms with van der Waals surface area (Å²) in [5, 5.41) is 0. The first-order valence-corrected chi connectivity index (χ1v) is 8.21. The largest absolute Gasteiger partial charge is 0.494 e. The number of rotatable bonds is 7. The van der Waals surface area contributed by atoms with Crippen molar-refractivity contribution < 1.29 is 23.8 Å². The Morgan fingerprint density at radius 2 is 2.00 bits per heavy atom. The lowest BCUT2D eigenvalue weighted by Gasteiger charge is -2.22. The van der Waals surface area contributed by atoms with Crippen molar-refractivity contribution in [3.05, 3.63) is 29.8 Å². The van der Waals surface area contributed by atoms with Crippen LogP contribution in [0.15, 0.2) is 24.3 Å². The first-order chi connectivity index (χ1) is 11.6. The number of hydrogen-bond donors (Lipinski definition) is 0. The smallest absolute Gasteiger partial charge is 0.328 e. The normalized spacial score (nSPS) is 20.0. The number of amides is 1. The molecule has 1 aliphatic heterocycles. The summed E-state index contributed by atoms with van der Waals surface area (Å²) in [4.78, 5) is 26.1. The molecule has 0 N–H and O–H groups in total. The molecule has 24 heavy (non-hydrogen) atoms. The lowest BCUT2D eigenvalue weighted by atomic mass is 10.1. The van der Waals surface area contributed by atoms with E-state index in [2.05, 4.69) is 0 Å². The number of para-hydroxylation sites is 1. The van der Waals surface area contributed by atoms with Gasteiger partial charge >= 0.3 is 5.97 Å². The maximum absolute atomic E-state index is 12.6. The van der Waals surface area contributed by atoms with Gasteiger partial charge in [-0.25, -0.2) is 4.79 Å². The Hall–Kier alpha value is -2.08. The molecule has 0 aromatic heterocycles. The van der Waals surface area contributed by atoms with Crippen LogP contribution in [0.2, 0.25) is 0 Å².